The van der Waals surface area contributed by atoms with Crippen LogP contribution in [0.15, 0.2) is 0 Å². The SMILES string of the molecule is CC(C)(C)[Si]([Si][Si])(C(C)(C)C)C(C)(C)C. The average Bonchev–Trinajstić information content (AvgIpc) is 1.76. The summed E-state index contributed by atoms with van der Waals surface area (Å²) in [5, 5.41) is 1.30. The summed E-state index contributed by atoms with van der Waals surface area (Å²) in [6.07, 6.45) is 0. The van der Waals surface area contributed by atoms with Crippen LogP contribution in [0.5, 0.6) is 0 Å². The lowest BCUT2D eigenvalue weighted by atomic mass is 10.2. The van der Waals surface area contributed by atoms with Crippen LogP contribution in [-0.4, -0.2) is 25.9 Å². The van der Waals surface area contributed by atoms with Crippen molar-refractivity contribution in [1.82, 2.24) is 0 Å². The van der Waals surface area contributed by atoms with Gasteiger partial charge in [0.2, 0.25) is 0 Å². The standard InChI is InChI=1S/C12H27Si3/c1-10(2,3)15(14-13,11(4,5)6)12(7,8)9/h1-9H3. The predicted octanol–water partition coefficient (Wildman–Crippen LogP) is 4.12. The molecule has 0 saturated heterocycles. The predicted molar refractivity (Wildman–Crippen MR) is 76.4 cm³/mol. The maximum Gasteiger partial charge on any atom is 0.0539 e. The summed E-state index contributed by atoms with van der Waals surface area (Å²) in [4.78, 5) is 0. The first-order valence-electron chi connectivity index (χ1n) is 5.75. The summed E-state index contributed by atoms with van der Waals surface area (Å²) >= 11 is 0. The van der Waals surface area contributed by atoms with Crippen LogP contribution in [0.1, 0.15) is 62.3 Å². The molecule has 0 atom stereocenters. The summed E-state index contributed by atoms with van der Waals surface area (Å²) in [7, 11) is 3.41. The van der Waals surface area contributed by atoms with E-state index in [9.17, 15) is 0 Å². The Labute approximate surface area is 103 Å². The minimum absolute atomic E-state index is 0.434. The van der Waals surface area contributed by atoms with Gasteiger partial charge in [-0.2, -0.15) is 0 Å². The third-order valence-electron chi connectivity index (χ3n) is 3.56. The van der Waals surface area contributed by atoms with E-state index < -0.39 is 7.59 Å². The molecule has 0 bridgehead atoms. The molecule has 87 valence electrons. The Bertz CT molecular complexity index is 176. The molecule has 0 heterocycles. The summed E-state index contributed by atoms with van der Waals surface area (Å²) in [5.74, 6) is 0. The minimum atomic E-state index is -1.43. The zero-order valence-corrected chi connectivity index (χ0v) is 15.0. The lowest BCUT2D eigenvalue weighted by molar-refractivity contribution is 0.556. The lowest BCUT2D eigenvalue weighted by Gasteiger charge is -2.59. The monoisotopic (exact) mass is 255 g/mol. The first kappa shape index (κ1) is 15.7. The Morgan fingerprint density at radius 3 is 0.867 bits per heavy atom. The molecule has 3 heteroatoms. The average molecular weight is 256 g/mol. The van der Waals surface area contributed by atoms with E-state index in [1.807, 2.05) is 0 Å². The van der Waals surface area contributed by atoms with Crippen molar-refractivity contribution in [2.45, 2.75) is 77.4 Å². The van der Waals surface area contributed by atoms with Crippen molar-refractivity contribution in [2.24, 2.45) is 0 Å². The smallest absolute Gasteiger partial charge is 0.0539 e. The summed E-state index contributed by atoms with van der Waals surface area (Å²) in [6.45, 7) is 21.9. The largest absolute Gasteiger partial charge is 0.0628 e. The zero-order chi connectivity index (χ0) is 12.7. The molecule has 0 amide bonds. The van der Waals surface area contributed by atoms with Crippen molar-refractivity contribution < 1.29 is 0 Å². The second kappa shape index (κ2) is 4.15. The Morgan fingerprint density at radius 2 is 0.867 bits per heavy atom. The molecule has 0 saturated carbocycles. The molecule has 0 nitrogen and oxygen atoms in total. The van der Waals surface area contributed by atoms with Gasteiger partial charge in [-0.05, 0) is 15.1 Å². The molecule has 15 heavy (non-hydrogen) atoms. The molecule has 0 N–H and O–H groups in total. The highest BCUT2D eigenvalue weighted by molar-refractivity contribution is 7.42. The van der Waals surface area contributed by atoms with Gasteiger partial charge in [0.25, 0.3) is 0 Å². The van der Waals surface area contributed by atoms with E-state index in [0.29, 0.717) is 15.1 Å². The highest BCUT2D eigenvalue weighted by atomic mass is 29.5. The van der Waals surface area contributed by atoms with E-state index in [4.69, 9.17) is 0 Å². The molecule has 0 rings (SSSR count). The van der Waals surface area contributed by atoms with Crippen molar-refractivity contribution in [2.75, 3.05) is 0 Å². The Hall–Kier alpha value is 0.651. The van der Waals surface area contributed by atoms with Crippen LogP contribution < -0.4 is 0 Å². The van der Waals surface area contributed by atoms with E-state index in [-0.39, 0.29) is 0 Å². The normalized spacial score (nSPS) is 15.6. The highest BCUT2D eigenvalue weighted by Gasteiger charge is 2.57. The van der Waals surface area contributed by atoms with Crippen LogP contribution in [0, 0.1) is 0 Å². The van der Waals surface area contributed by atoms with Crippen molar-refractivity contribution in [1.29, 1.82) is 0 Å². The number of rotatable bonds is 1. The van der Waals surface area contributed by atoms with Crippen molar-refractivity contribution >= 4 is 25.9 Å². The third kappa shape index (κ3) is 2.50. The van der Waals surface area contributed by atoms with Gasteiger partial charge in [-0.15, -0.1) is 0 Å². The van der Waals surface area contributed by atoms with E-state index in [0.717, 1.165) is 8.55 Å². The van der Waals surface area contributed by atoms with Gasteiger partial charge in [-0.1, -0.05) is 62.3 Å². The van der Waals surface area contributed by atoms with Crippen LogP contribution in [0.3, 0.4) is 0 Å². The van der Waals surface area contributed by atoms with Crippen LogP contribution in [-0.2, 0) is 0 Å². The van der Waals surface area contributed by atoms with Crippen molar-refractivity contribution in [3.63, 3.8) is 0 Å². The molecular formula is C12H27Si3. The second-order valence-electron chi connectivity index (χ2n) is 7.62. The van der Waals surface area contributed by atoms with Gasteiger partial charge < -0.3 is 0 Å². The Kier molecular flexibility index (Phi) is 4.33. The maximum absolute atomic E-state index is 3.92. The first-order valence-corrected chi connectivity index (χ1v) is 11.2. The molecule has 0 aromatic rings. The van der Waals surface area contributed by atoms with Gasteiger partial charge in [-0.3, -0.25) is 0 Å². The van der Waals surface area contributed by atoms with Crippen LogP contribution in [0.4, 0.5) is 0 Å². The molecule has 0 aliphatic rings. The first-order chi connectivity index (χ1) is 6.31. The van der Waals surface area contributed by atoms with Crippen LogP contribution >= 0.6 is 0 Å². The summed E-state index contributed by atoms with van der Waals surface area (Å²) < 4.78 is 0. The molecular weight excluding hydrogens is 228 g/mol. The second-order valence-corrected chi connectivity index (χ2v) is 19.1. The van der Waals surface area contributed by atoms with Gasteiger partial charge in [0.1, 0.15) is 0 Å². The Morgan fingerprint density at radius 1 is 0.667 bits per heavy atom. The van der Waals surface area contributed by atoms with Crippen molar-refractivity contribution in [3.8, 4) is 0 Å². The molecule has 5 radical (unpaired) electrons. The highest BCUT2D eigenvalue weighted by Crippen LogP contribution is 2.60. The minimum Gasteiger partial charge on any atom is -0.0628 e. The van der Waals surface area contributed by atoms with E-state index in [1.165, 1.54) is 0 Å². The molecule has 0 spiro atoms. The topological polar surface area (TPSA) is 0 Å². The molecule has 0 unspecified atom stereocenters. The third-order valence-corrected chi connectivity index (χ3v) is 21.9. The fourth-order valence-electron chi connectivity index (χ4n) is 3.94. The molecule has 0 aliphatic heterocycles. The summed E-state index contributed by atoms with van der Waals surface area (Å²) in [5.41, 5.74) is 0. The van der Waals surface area contributed by atoms with E-state index >= 15 is 0 Å². The number of hydrogen-bond acceptors (Lipinski definition) is 0. The number of hydrogen-bond donors (Lipinski definition) is 0. The molecule has 0 aromatic heterocycles. The quantitative estimate of drug-likeness (QED) is 0.618. The fourth-order valence-corrected chi connectivity index (χ4v) is 25.3. The van der Waals surface area contributed by atoms with Gasteiger partial charge >= 0.3 is 0 Å². The zero-order valence-electron chi connectivity index (χ0n) is 12.0. The maximum atomic E-state index is 3.92. The summed E-state index contributed by atoms with van der Waals surface area (Å²) in [6, 6.07) is 0. The van der Waals surface area contributed by atoms with E-state index in [1.54, 1.807) is 0 Å². The van der Waals surface area contributed by atoms with Crippen LogP contribution in [0.25, 0.3) is 0 Å². The molecule has 0 aliphatic carbocycles. The Balaban J connectivity index is 5.78. The van der Waals surface area contributed by atoms with Gasteiger partial charge in [-0.25, -0.2) is 0 Å². The van der Waals surface area contributed by atoms with Crippen molar-refractivity contribution in [3.05, 3.63) is 0 Å². The van der Waals surface area contributed by atoms with Crippen LogP contribution in [0.2, 0.25) is 15.1 Å². The fraction of sp³-hybridized carbons (Fsp3) is 1.00. The lowest BCUT2D eigenvalue weighted by Crippen LogP contribution is -2.63. The van der Waals surface area contributed by atoms with Gasteiger partial charge in [0, 0.05) is 18.3 Å². The van der Waals surface area contributed by atoms with Gasteiger partial charge in [0.05, 0.1) is 7.59 Å². The van der Waals surface area contributed by atoms with Gasteiger partial charge in [0.15, 0.2) is 0 Å². The molecule has 0 fully saturated rings. The molecule has 0 aromatic carbocycles. The van der Waals surface area contributed by atoms with E-state index in [2.05, 4.69) is 72.1 Å².